The van der Waals surface area contributed by atoms with Gasteiger partial charge in [0.1, 0.15) is 0 Å². The van der Waals surface area contributed by atoms with E-state index >= 15 is 0 Å². The molecule has 0 saturated carbocycles. The van der Waals surface area contributed by atoms with Gasteiger partial charge in [0.2, 0.25) is 11.2 Å². The second-order valence-electron chi connectivity index (χ2n) is 4.30. The number of carbonyl (C=O) groups is 1. The molecule has 0 unspecified atom stereocenters. The van der Waals surface area contributed by atoms with E-state index in [-0.39, 0.29) is 11.1 Å². The Morgan fingerprint density at radius 1 is 1.35 bits per heavy atom. The minimum Gasteiger partial charge on any atom is -0.394 e. The summed E-state index contributed by atoms with van der Waals surface area (Å²) in [6.07, 6.45) is 4.30. The molecule has 0 aliphatic heterocycles. The molecule has 20 heavy (non-hydrogen) atoms. The monoisotopic (exact) mass is 269 g/mol. The highest BCUT2D eigenvalue weighted by molar-refractivity contribution is 6.02. The summed E-state index contributed by atoms with van der Waals surface area (Å²) < 4.78 is 1.52. The van der Waals surface area contributed by atoms with Crippen LogP contribution in [0.5, 0.6) is 0 Å². The van der Waals surface area contributed by atoms with Crippen molar-refractivity contribution in [1.82, 2.24) is 15.1 Å². The first-order valence-corrected chi connectivity index (χ1v) is 6.17. The summed E-state index contributed by atoms with van der Waals surface area (Å²) in [5.41, 5.74) is 1.39. The fraction of sp³-hybridized carbons (Fsp3) is 0.133. The van der Waals surface area contributed by atoms with E-state index in [4.69, 9.17) is 0 Å². The Balaban J connectivity index is 2.46. The molecule has 0 bridgehead atoms. The van der Waals surface area contributed by atoms with Crippen LogP contribution < -0.4 is 10.7 Å². The van der Waals surface area contributed by atoms with Gasteiger partial charge in [-0.1, -0.05) is 12.1 Å². The predicted molar refractivity (Wildman–Crippen MR) is 77.1 cm³/mol. The van der Waals surface area contributed by atoms with Gasteiger partial charge in [-0.3, -0.25) is 9.59 Å². The lowest BCUT2D eigenvalue weighted by atomic mass is 10.2. The molecule has 2 rings (SSSR count). The maximum Gasteiger partial charge on any atom is 0.211 e. The van der Waals surface area contributed by atoms with E-state index in [1.807, 2.05) is 31.2 Å². The number of allylic oxidation sites excluding steroid dienone is 1. The first kappa shape index (κ1) is 13.7. The smallest absolute Gasteiger partial charge is 0.211 e. The third-order valence-electron chi connectivity index (χ3n) is 2.71. The molecule has 5 nitrogen and oxygen atoms in total. The minimum absolute atomic E-state index is 0.0968. The van der Waals surface area contributed by atoms with Gasteiger partial charge in [-0.2, -0.15) is 5.10 Å². The summed E-state index contributed by atoms with van der Waals surface area (Å²) in [6.45, 7) is 1.97. The van der Waals surface area contributed by atoms with E-state index in [1.54, 1.807) is 13.2 Å². The van der Waals surface area contributed by atoms with Crippen molar-refractivity contribution in [2.45, 2.75) is 6.92 Å². The number of nitrogens with zero attached hydrogens (tertiary/aromatic N) is 2. The molecule has 1 N–H and O–H groups in total. The van der Waals surface area contributed by atoms with Gasteiger partial charge in [0.05, 0.1) is 5.69 Å². The van der Waals surface area contributed by atoms with Gasteiger partial charge in [-0.25, -0.2) is 4.68 Å². The van der Waals surface area contributed by atoms with Gasteiger partial charge in [-0.05, 0) is 24.6 Å². The van der Waals surface area contributed by atoms with Crippen molar-refractivity contribution < 1.29 is 4.79 Å². The minimum atomic E-state index is -0.425. The van der Waals surface area contributed by atoms with E-state index in [9.17, 15) is 9.59 Å². The third kappa shape index (κ3) is 3.00. The second-order valence-corrected chi connectivity index (χ2v) is 4.30. The maximum atomic E-state index is 11.9. The van der Waals surface area contributed by atoms with E-state index in [1.165, 1.54) is 23.0 Å². The first-order valence-electron chi connectivity index (χ1n) is 6.17. The highest BCUT2D eigenvalue weighted by atomic mass is 16.1. The van der Waals surface area contributed by atoms with Crippen LogP contribution in [0.3, 0.4) is 0 Å². The van der Waals surface area contributed by atoms with Crippen molar-refractivity contribution in [3.63, 3.8) is 0 Å². The number of aryl methyl sites for hydroxylation is 1. The maximum absolute atomic E-state index is 11.9. The fourth-order valence-corrected chi connectivity index (χ4v) is 1.73. The summed E-state index contributed by atoms with van der Waals surface area (Å²) in [6, 6.07) is 8.99. The van der Waals surface area contributed by atoms with Crippen LogP contribution in [0.25, 0.3) is 5.69 Å². The lowest BCUT2D eigenvalue weighted by molar-refractivity contribution is 0.103. The summed E-state index contributed by atoms with van der Waals surface area (Å²) in [5.74, 6) is -0.425. The predicted octanol–water partition coefficient (Wildman–Crippen LogP) is 1.46. The molecule has 0 aliphatic rings. The summed E-state index contributed by atoms with van der Waals surface area (Å²) in [4.78, 5) is 23.6. The van der Waals surface area contributed by atoms with Crippen LogP contribution in [-0.2, 0) is 0 Å². The number of nitrogens with one attached hydrogen (secondary N) is 1. The zero-order valence-corrected chi connectivity index (χ0v) is 11.3. The van der Waals surface area contributed by atoms with Crippen molar-refractivity contribution in [2.75, 3.05) is 7.05 Å². The fourth-order valence-electron chi connectivity index (χ4n) is 1.73. The zero-order valence-electron chi connectivity index (χ0n) is 11.3. The molecule has 0 saturated heterocycles. The Hall–Kier alpha value is -2.69. The molecule has 0 radical (unpaired) electrons. The van der Waals surface area contributed by atoms with Gasteiger partial charge in [0.25, 0.3) is 0 Å². The van der Waals surface area contributed by atoms with Crippen molar-refractivity contribution in [1.29, 1.82) is 0 Å². The van der Waals surface area contributed by atoms with Crippen LogP contribution in [0.2, 0.25) is 0 Å². The Morgan fingerprint density at radius 3 is 2.85 bits per heavy atom. The first-order chi connectivity index (χ1) is 9.61. The Bertz CT molecular complexity index is 717. The number of carbonyl (C=O) groups excluding carboxylic acids is 1. The Labute approximate surface area is 116 Å². The van der Waals surface area contributed by atoms with Crippen molar-refractivity contribution in [3.05, 3.63) is 70.3 Å². The molecule has 1 heterocycles. The molecule has 0 aliphatic carbocycles. The summed E-state index contributed by atoms with van der Waals surface area (Å²) >= 11 is 0. The lowest BCUT2D eigenvalue weighted by Crippen LogP contribution is -2.19. The van der Waals surface area contributed by atoms with Gasteiger partial charge >= 0.3 is 0 Å². The largest absolute Gasteiger partial charge is 0.394 e. The van der Waals surface area contributed by atoms with Gasteiger partial charge in [-0.15, -0.1) is 0 Å². The second kappa shape index (κ2) is 5.97. The zero-order chi connectivity index (χ0) is 14.5. The quantitative estimate of drug-likeness (QED) is 0.674. The number of rotatable bonds is 4. The van der Waals surface area contributed by atoms with Crippen LogP contribution >= 0.6 is 0 Å². The van der Waals surface area contributed by atoms with E-state index in [2.05, 4.69) is 10.4 Å². The van der Waals surface area contributed by atoms with Crippen LogP contribution in [0.15, 0.2) is 53.6 Å². The van der Waals surface area contributed by atoms with Crippen molar-refractivity contribution in [3.8, 4) is 5.69 Å². The molecule has 0 fully saturated rings. The average Bonchev–Trinajstić information content (AvgIpc) is 2.45. The molecule has 2 aromatic rings. The van der Waals surface area contributed by atoms with Crippen LogP contribution in [-0.4, -0.2) is 22.6 Å². The number of aromatic nitrogens is 2. The highest BCUT2D eigenvalue weighted by Gasteiger charge is 2.10. The van der Waals surface area contributed by atoms with E-state index < -0.39 is 5.78 Å². The number of hydrogen-bond acceptors (Lipinski definition) is 4. The molecule has 102 valence electrons. The molecule has 1 aromatic carbocycles. The molecule has 1 aromatic heterocycles. The number of benzene rings is 1. The highest BCUT2D eigenvalue weighted by Crippen LogP contribution is 2.08. The topological polar surface area (TPSA) is 64.0 Å². The van der Waals surface area contributed by atoms with Gasteiger partial charge in [0.15, 0.2) is 5.69 Å². The SMILES string of the molecule is CN/C=C/C(=O)c1nn(-c2cccc(C)c2)ccc1=O. The van der Waals surface area contributed by atoms with Crippen molar-refractivity contribution >= 4 is 5.78 Å². The molecule has 0 atom stereocenters. The van der Waals surface area contributed by atoms with Crippen LogP contribution in [0.1, 0.15) is 16.1 Å². The third-order valence-corrected chi connectivity index (χ3v) is 2.71. The molecule has 5 heteroatoms. The van der Waals surface area contributed by atoms with Gasteiger partial charge in [0, 0.05) is 31.6 Å². The summed E-state index contributed by atoms with van der Waals surface area (Å²) in [5, 5.41) is 6.82. The standard InChI is InChI=1S/C15H15N3O2/c1-11-4-3-5-12(10-11)18-9-7-14(20)15(17-18)13(19)6-8-16-2/h3-10,16H,1-2H3/b8-6+. The Kier molecular flexibility index (Phi) is 4.10. The van der Waals surface area contributed by atoms with E-state index in [0.29, 0.717) is 0 Å². The van der Waals surface area contributed by atoms with Gasteiger partial charge < -0.3 is 5.32 Å². The Morgan fingerprint density at radius 2 is 2.15 bits per heavy atom. The van der Waals surface area contributed by atoms with E-state index in [0.717, 1.165) is 11.3 Å². The summed E-state index contributed by atoms with van der Waals surface area (Å²) in [7, 11) is 1.67. The van der Waals surface area contributed by atoms with Crippen LogP contribution in [0.4, 0.5) is 0 Å². The number of ketones is 1. The lowest BCUT2D eigenvalue weighted by Gasteiger charge is -2.06. The normalized spacial score (nSPS) is 10.7. The van der Waals surface area contributed by atoms with Crippen LogP contribution in [0, 0.1) is 6.92 Å². The average molecular weight is 269 g/mol. The number of hydrogen-bond donors (Lipinski definition) is 1. The molecule has 0 amide bonds. The van der Waals surface area contributed by atoms with Crippen molar-refractivity contribution in [2.24, 2.45) is 0 Å². The molecular weight excluding hydrogens is 254 g/mol. The molecular formula is C15H15N3O2. The molecule has 0 spiro atoms.